The predicted molar refractivity (Wildman–Crippen MR) is 31.6 cm³/mol. The van der Waals surface area contributed by atoms with E-state index in [4.69, 9.17) is 12.2 Å². The first-order valence-electron chi connectivity index (χ1n) is 2.03. The van der Waals surface area contributed by atoms with E-state index < -0.39 is 0 Å². The van der Waals surface area contributed by atoms with Crippen molar-refractivity contribution in [2.24, 2.45) is 0 Å². The molecular formula is C5H5CdNS. The van der Waals surface area contributed by atoms with Crippen LogP contribution in [0, 0.1) is 4.64 Å². The van der Waals surface area contributed by atoms with Crippen LogP contribution in [-0.4, -0.2) is 4.98 Å². The smallest absolute Gasteiger partial charge is 0.103 e. The predicted octanol–water partition coefficient (Wildman–Crippen LogP) is 1.74. The summed E-state index contributed by atoms with van der Waals surface area (Å²) in [5, 5.41) is 0. The Morgan fingerprint density at radius 3 is 2.38 bits per heavy atom. The van der Waals surface area contributed by atoms with E-state index in [0.29, 0.717) is 0 Å². The fourth-order valence-electron chi connectivity index (χ4n) is 0.377. The summed E-state index contributed by atoms with van der Waals surface area (Å²) in [6.45, 7) is 0. The Balaban J connectivity index is 0.000000490. The summed E-state index contributed by atoms with van der Waals surface area (Å²) >= 11 is 4.76. The Kier molecular flexibility index (Phi) is 4.35. The van der Waals surface area contributed by atoms with Crippen LogP contribution in [0.4, 0.5) is 0 Å². The van der Waals surface area contributed by atoms with Gasteiger partial charge >= 0.3 is 0 Å². The molecule has 1 heterocycles. The van der Waals surface area contributed by atoms with Crippen LogP contribution >= 0.6 is 12.2 Å². The van der Waals surface area contributed by atoms with Crippen molar-refractivity contribution in [3.8, 4) is 0 Å². The van der Waals surface area contributed by atoms with Crippen molar-refractivity contribution in [2.45, 2.75) is 0 Å². The van der Waals surface area contributed by atoms with Crippen LogP contribution in [0.15, 0.2) is 24.4 Å². The van der Waals surface area contributed by atoms with Crippen LogP contribution in [0.25, 0.3) is 0 Å². The molecule has 0 radical (unpaired) electrons. The molecule has 38 valence electrons. The number of pyridine rings is 1. The summed E-state index contributed by atoms with van der Waals surface area (Å²) in [6.07, 6.45) is 1.81. The van der Waals surface area contributed by atoms with Crippen LogP contribution in [0.2, 0.25) is 0 Å². The molecule has 0 amide bonds. The fourth-order valence-corrected chi connectivity index (χ4v) is 0.523. The third-order valence-corrected chi connectivity index (χ3v) is 0.934. The second-order valence-electron chi connectivity index (χ2n) is 1.23. The average molecular weight is 224 g/mol. The van der Waals surface area contributed by atoms with Gasteiger partial charge in [0.2, 0.25) is 0 Å². The third-order valence-electron chi connectivity index (χ3n) is 0.681. The van der Waals surface area contributed by atoms with Crippen molar-refractivity contribution in [3.63, 3.8) is 0 Å². The first-order valence-corrected chi connectivity index (χ1v) is 2.44. The first-order chi connectivity index (χ1) is 3.39. The molecular weight excluding hydrogens is 219 g/mol. The zero-order valence-corrected chi connectivity index (χ0v) is 9.28. The van der Waals surface area contributed by atoms with Gasteiger partial charge in [-0.05, 0) is 12.1 Å². The van der Waals surface area contributed by atoms with Crippen molar-refractivity contribution in [3.05, 3.63) is 29.0 Å². The zero-order chi connectivity index (χ0) is 5.11. The van der Waals surface area contributed by atoms with E-state index in [9.17, 15) is 0 Å². The number of H-pyrrole nitrogens is 1. The Morgan fingerprint density at radius 1 is 1.38 bits per heavy atom. The molecule has 0 bridgehead atoms. The van der Waals surface area contributed by atoms with Gasteiger partial charge < -0.3 is 4.98 Å². The molecule has 0 aliphatic carbocycles. The third kappa shape index (κ3) is 2.56. The molecule has 0 saturated carbocycles. The fraction of sp³-hybridized carbons (Fsp3) is 0. The van der Waals surface area contributed by atoms with Crippen molar-refractivity contribution in [2.75, 3.05) is 0 Å². The van der Waals surface area contributed by atoms with Crippen molar-refractivity contribution < 1.29 is 27.3 Å². The van der Waals surface area contributed by atoms with E-state index >= 15 is 0 Å². The van der Waals surface area contributed by atoms with E-state index in [1.54, 1.807) is 0 Å². The minimum Gasteiger partial charge on any atom is -0.353 e. The summed E-state index contributed by atoms with van der Waals surface area (Å²) < 4.78 is 0.780. The summed E-state index contributed by atoms with van der Waals surface area (Å²) in [5.41, 5.74) is 0. The van der Waals surface area contributed by atoms with Crippen molar-refractivity contribution in [1.29, 1.82) is 0 Å². The molecule has 8 heavy (non-hydrogen) atoms. The summed E-state index contributed by atoms with van der Waals surface area (Å²) in [5.74, 6) is 0. The van der Waals surface area contributed by atoms with Gasteiger partial charge in [-0.1, -0.05) is 18.3 Å². The molecule has 0 spiro atoms. The minimum absolute atomic E-state index is 0. The molecule has 1 N–H and O–H groups in total. The Hall–Kier alpha value is 0.292. The van der Waals surface area contributed by atoms with Gasteiger partial charge in [0.1, 0.15) is 4.64 Å². The van der Waals surface area contributed by atoms with Gasteiger partial charge in [-0.15, -0.1) is 0 Å². The monoisotopic (exact) mass is 225 g/mol. The number of hydrogen-bond acceptors (Lipinski definition) is 1. The Bertz CT molecular complexity index is 178. The van der Waals surface area contributed by atoms with E-state index in [1.807, 2.05) is 24.4 Å². The van der Waals surface area contributed by atoms with Gasteiger partial charge in [-0.25, -0.2) is 0 Å². The second-order valence-corrected chi connectivity index (χ2v) is 1.67. The molecule has 0 fully saturated rings. The summed E-state index contributed by atoms with van der Waals surface area (Å²) in [7, 11) is 0. The SMILES string of the molecule is S=c1cccc[nH]1.[Cd]. The molecule has 1 rings (SSSR count). The first kappa shape index (κ1) is 8.29. The average Bonchev–Trinajstić information content (AvgIpc) is 1.69. The van der Waals surface area contributed by atoms with Gasteiger partial charge in [0, 0.05) is 33.5 Å². The number of aromatic nitrogens is 1. The van der Waals surface area contributed by atoms with E-state index in [0.717, 1.165) is 4.64 Å². The molecule has 0 aliphatic heterocycles. The molecule has 3 heteroatoms. The van der Waals surface area contributed by atoms with Crippen LogP contribution in [0.3, 0.4) is 0 Å². The zero-order valence-electron chi connectivity index (χ0n) is 4.42. The van der Waals surface area contributed by atoms with Crippen LogP contribution in [0.5, 0.6) is 0 Å². The van der Waals surface area contributed by atoms with Crippen LogP contribution in [-0.2, 0) is 27.3 Å². The maximum absolute atomic E-state index is 4.76. The molecule has 0 unspecified atom stereocenters. The molecule has 1 aromatic heterocycles. The van der Waals surface area contributed by atoms with Gasteiger partial charge in [0.05, 0.1) is 0 Å². The molecule has 0 aromatic carbocycles. The Morgan fingerprint density at radius 2 is 2.12 bits per heavy atom. The van der Waals surface area contributed by atoms with Gasteiger partial charge in [-0.3, -0.25) is 0 Å². The molecule has 1 aromatic rings. The van der Waals surface area contributed by atoms with Gasteiger partial charge in [0.15, 0.2) is 0 Å². The largest absolute Gasteiger partial charge is 0.353 e. The minimum atomic E-state index is 0. The molecule has 1 nitrogen and oxygen atoms in total. The number of hydrogen-bond donors (Lipinski definition) is 1. The molecule has 0 atom stereocenters. The van der Waals surface area contributed by atoms with E-state index in [2.05, 4.69) is 4.98 Å². The molecule has 0 saturated heterocycles. The standard InChI is InChI=1S/C5H5NS.Cd/c7-5-3-1-2-4-6-5;/h1-4H,(H,6,7);. The van der Waals surface area contributed by atoms with Crippen LogP contribution < -0.4 is 0 Å². The van der Waals surface area contributed by atoms with Crippen LogP contribution in [0.1, 0.15) is 0 Å². The quantitative estimate of drug-likeness (QED) is 0.523. The van der Waals surface area contributed by atoms with Gasteiger partial charge in [-0.2, -0.15) is 0 Å². The number of nitrogens with one attached hydrogen (secondary N) is 1. The Labute approximate surface area is 73.3 Å². The number of rotatable bonds is 0. The summed E-state index contributed by atoms with van der Waals surface area (Å²) in [6, 6.07) is 5.64. The maximum Gasteiger partial charge on any atom is 0.103 e. The van der Waals surface area contributed by atoms with Crippen molar-refractivity contribution >= 4 is 12.2 Å². The van der Waals surface area contributed by atoms with Gasteiger partial charge in [0.25, 0.3) is 0 Å². The topological polar surface area (TPSA) is 15.8 Å². The second kappa shape index (κ2) is 4.20. The number of aromatic amines is 1. The maximum atomic E-state index is 4.76. The van der Waals surface area contributed by atoms with Crippen molar-refractivity contribution in [1.82, 2.24) is 4.98 Å². The molecule has 0 aliphatic rings. The summed E-state index contributed by atoms with van der Waals surface area (Å²) in [4.78, 5) is 2.85. The van der Waals surface area contributed by atoms with E-state index in [1.165, 1.54) is 0 Å². The normalized spacial score (nSPS) is 7.50. The van der Waals surface area contributed by atoms with E-state index in [-0.39, 0.29) is 27.3 Å².